The smallest absolute Gasteiger partial charge is 0.238 e. The van der Waals surface area contributed by atoms with Crippen molar-refractivity contribution in [3.8, 4) is 0 Å². The highest BCUT2D eigenvalue weighted by atomic mass is 32.2. The van der Waals surface area contributed by atoms with Crippen molar-refractivity contribution < 1.29 is 13.2 Å². The van der Waals surface area contributed by atoms with Crippen LogP contribution in [0.4, 0.5) is 5.69 Å². The molecule has 0 spiro atoms. The number of nitrogens with one attached hydrogen (secondary N) is 1. The zero-order chi connectivity index (χ0) is 16.2. The number of hydrogen-bond acceptors (Lipinski definition) is 4. The van der Waals surface area contributed by atoms with E-state index in [9.17, 15) is 13.2 Å². The third-order valence-electron chi connectivity index (χ3n) is 3.80. The van der Waals surface area contributed by atoms with E-state index in [1.165, 1.54) is 10.6 Å². The summed E-state index contributed by atoms with van der Waals surface area (Å²) >= 11 is 0. The molecular formula is C15H23N3O3S. The summed E-state index contributed by atoms with van der Waals surface area (Å²) in [7, 11) is -3.15. The van der Waals surface area contributed by atoms with Crippen molar-refractivity contribution >= 4 is 21.6 Å². The van der Waals surface area contributed by atoms with Gasteiger partial charge in [0.1, 0.15) is 0 Å². The van der Waals surface area contributed by atoms with E-state index < -0.39 is 10.0 Å². The molecule has 7 heteroatoms. The van der Waals surface area contributed by atoms with Crippen LogP contribution in [0.1, 0.15) is 12.0 Å². The zero-order valence-electron chi connectivity index (χ0n) is 13.1. The average Bonchev–Trinajstić information content (AvgIpc) is 2.66. The number of hydrogen-bond donors (Lipinski definition) is 1. The number of carbonyl (C=O) groups is 1. The van der Waals surface area contributed by atoms with Crippen LogP contribution in [0.2, 0.25) is 0 Å². The fourth-order valence-corrected chi connectivity index (χ4v) is 3.42. The maximum absolute atomic E-state index is 12.1. The summed E-state index contributed by atoms with van der Waals surface area (Å²) in [5.41, 5.74) is 1.84. The Bertz CT molecular complexity index is 631. The first-order valence-electron chi connectivity index (χ1n) is 7.39. The highest BCUT2D eigenvalue weighted by molar-refractivity contribution is 7.88. The molecule has 1 saturated heterocycles. The highest BCUT2D eigenvalue weighted by Crippen LogP contribution is 2.13. The topological polar surface area (TPSA) is 69.7 Å². The molecule has 1 amide bonds. The van der Waals surface area contributed by atoms with Crippen molar-refractivity contribution in [2.24, 2.45) is 0 Å². The maximum atomic E-state index is 12.1. The van der Waals surface area contributed by atoms with Crippen LogP contribution in [0.5, 0.6) is 0 Å². The summed E-state index contributed by atoms with van der Waals surface area (Å²) < 4.78 is 24.6. The van der Waals surface area contributed by atoms with Crippen molar-refractivity contribution in [1.82, 2.24) is 9.21 Å². The second kappa shape index (κ2) is 7.21. The van der Waals surface area contributed by atoms with Crippen molar-refractivity contribution in [2.45, 2.75) is 13.3 Å². The average molecular weight is 325 g/mol. The van der Waals surface area contributed by atoms with Crippen LogP contribution in [-0.4, -0.2) is 62.5 Å². The number of nitrogens with zero attached hydrogens (tertiary/aromatic N) is 2. The van der Waals surface area contributed by atoms with Crippen molar-refractivity contribution in [2.75, 3.05) is 44.3 Å². The number of benzene rings is 1. The summed E-state index contributed by atoms with van der Waals surface area (Å²) in [5, 5.41) is 2.91. The summed E-state index contributed by atoms with van der Waals surface area (Å²) in [6, 6.07) is 7.64. The van der Waals surface area contributed by atoms with Gasteiger partial charge in [0.25, 0.3) is 0 Å². The van der Waals surface area contributed by atoms with Crippen LogP contribution in [0.3, 0.4) is 0 Å². The number of amides is 1. The van der Waals surface area contributed by atoms with Gasteiger partial charge in [-0.25, -0.2) is 12.7 Å². The number of rotatable bonds is 4. The molecule has 1 heterocycles. The molecule has 0 saturated carbocycles. The van der Waals surface area contributed by atoms with E-state index in [2.05, 4.69) is 5.32 Å². The summed E-state index contributed by atoms with van der Waals surface area (Å²) in [4.78, 5) is 14.1. The first-order chi connectivity index (χ1) is 10.4. The van der Waals surface area contributed by atoms with Gasteiger partial charge in [-0.3, -0.25) is 9.69 Å². The lowest BCUT2D eigenvalue weighted by Gasteiger charge is -2.20. The fourth-order valence-electron chi connectivity index (χ4n) is 2.54. The summed E-state index contributed by atoms with van der Waals surface area (Å²) in [5.74, 6) is -0.0675. The van der Waals surface area contributed by atoms with Crippen molar-refractivity contribution in [3.05, 3.63) is 29.8 Å². The Hall–Kier alpha value is -1.44. The highest BCUT2D eigenvalue weighted by Gasteiger charge is 2.22. The van der Waals surface area contributed by atoms with Gasteiger partial charge < -0.3 is 5.32 Å². The van der Waals surface area contributed by atoms with Gasteiger partial charge in [-0.15, -0.1) is 0 Å². The maximum Gasteiger partial charge on any atom is 0.238 e. The number of aryl methyl sites for hydroxylation is 1. The van der Waals surface area contributed by atoms with Gasteiger partial charge in [0.2, 0.25) is 15.9 Å². The number of para-hydroxylation sites is 1. The summed E-state index contributed by atoms with van der Waals surface area (Å²) in [6.45, 7) is 4.50. The standard InChI is InChI=1S/C15H23N3O3S/c1-13-6-3-4-7-14(13)16-15(19)12-17-8-5-9-18(11-10-17)22(2,20)21/h3-4,6-7H,5,8-12H2,1-2H3,(H,16,19). The molecule has 0 radical (unpaired) electrons. The molecule has 22 heavy (non-hydrogen) atoms. The van der Waals surface area contributed by atoms with Crippen LogP contribution in [-0.2, 0) is 14.8 Å². The summed E-state index contributed by atoms with van der Waals surface area (Å²) in [6.07, 6.45) is 1.97. The molecule has 0 bridgehead atoms. The number of carbonyl (C=O) groups excluding carboxylic acids is 1. The molecule has 0 atom stereocenters. The number of sulfonamides is 1. The first kappa shape index (κ1) is 16.9. The predicted octanol–water partition coefficient (Wildman–Crippen LogP) is 0.901. The lowest BCUT2D eigenvalue weighted by Crippen LogP contribution is -2.37. The lowest BCUT2D eigenvalue weighted by atomic mass is 10.2. The van der Waals surface area contributed by atoms with Gasteiger partial charge in [0.15, 0.2) is 0 Å². The Kier molecular flexibility index (Phi) is 5.55. The molecular weight excluding hydrogens is 302 g/mol. The third kappa shape index (κ3) is 4.79. The molecule has 1 aromatic rings. The Morgan fingerprint density at radius 3 is 2.59 bits per heavy atom. The van der Waals surface area contributed by atoms with Crippen LogP contribution in [0, 0.1) is 6.92 Å². The molecule has 1 N–H and O–H groups in total. The second-order valence-electron chi connectivity index (χ2n) is 5.65. The van der Waals surface area contributed by atoms with Gasteiger partial charge in [0, 0.05) is 25.3 Å². The van der Waals surface area contributed by atoms with E-state index in [0.717, 1.165) is 24.2 Å². The molecule has 0 aromatic heterocycles. The van der Waals surface area contributed by atoms with Gasteiger partial charge in [-0.05, 0) is 31.5 Å². The van der Waals surface area contributed by atoms with Gasteiger partial charge in [-0.2, -0.15) is 0 Å². The monoisotopic (exact) mass is 325 g/mol. The van der Waals surface area contributed by atoms with E-state index in [1.54, 1.807) is 0 Å². The fraction of sp³-hybridized carbons (Fsp3) is 0.533. The normalized spacial score (nSPS) is 17.9. The molecule has 0 aliphatic carbocycles. The van der Waals surface area contributed by atoms with E-state index in [-0.39, 0.29) is 12.5 Å². The Morgan fingerprint density at radius 2 is 1.91 bits per heavy atom. The Balaban J connectivity index is 1.89. The molecule has 2 rings (SSSR count). The van der Waals surface area contributed by atoms with Crippen molar-refractivity contribution in [1.29, 1.82) is 0 Å². The quantitative estimate of drug-likeness (QED) is 0.893. The Labute approximate surface area is 132 Å². The van der Waals surface area contributed by atoms with Gasteiger partial charge >= 0.3 is 0 Å². The predicted molar refractivity (Wildman–Crippen MR) is 87.3 cm³/mol. The minimum absolute atomic E-state index is 0.0675. The second-order valence-corrected chi connectivity index (χ2v) is 7.64. The van der Waals surface area contributed by atoms with Crippen molar-refractivity contribution in [3.63, 3.8) is 0 Å². The van der Waals surface area contributed by atoms with E-state index in [0.29, 0.717) is 19.6 Å². The van der Waals surface area contributed by atoms with Crippen LogP contribution < -0.4 is 5.32 Å². The molecule has 1 aliphatic heterocycles. The van der Waals surface area contributed by atoms with E-state index in [1.807, 2.05) is 36.1 Å². The minimum Gasteiger partial charge on any atom is -0.325 e. The Morgan fingerprint density at radius 1 is 1.18 bits per heavy atom. The molecule has 1 fully saturated rings. The number of anilines is 1. The van der Waals surface area contributed by atoms with Crippen LogP contribution in [0.15, 0.2) is 24.3 Å². The van der Waals surface area contributed by atoms with Crippen LogP contribution in [0.25, 0.3) is 0 Å². The molecule has 0 unspecified atom stereocenters. The SMILES string of the molecule is Cc1ccccc1NC(=O)CN1CCCN(S(C)(=O)=O)CC1. The third-order valence-corrected chi connectivity index (χ3v) is 5.11. The molecule has 6 nitrogen and oxygen atoms in total. The first-order valence-corrected chi connectivity index (χ1v) is 9.24. The molecule has 1 aliphatic rings. The molecule has 1 aromatic carbocycles. The van der Waals surface area contributed by atoms with Crippen LogP contribution >= 0.6 is 0 Å². The van der Waals surface area contributed by atoms with E-state index >= 15 is 0 Å². The largest absolute Gasteiger partial charge is 0.325 e. The zero-order valence-corrected chi connectivity index (χ0v) is 13.9. The van der Waals surface area contributed by atoms with Gasteiger partial charge in [-0.1, -0.05) is 18.2 Å². The van der Waals surface area contributed by atoms with E-state index in [4.69, 9.17) is 0 Å². The lowest BCUT2D eigenvalue weighted by molar-refractivity contribution is -0.117. The minimum atomic E-state index is -3.15. The molecule has 122 valence electrons. The van der Waals surface area contributed by atoms with Gasteiger partial charge in [0.05, 0.1) is 12.8 Å².